The van der Waals surface area contributed by atoms with Crippen molar-refractivity contribution in [2.75, 3.05) is 26.7 Å². The Hall–Kier alpha value is -2.04. The first-order valence-corrected chi connectivity index (χ1v) is 9.13. The van der Waals surface area contributed by atoms with E-state index in [1.54, 1.807) is 0 Å². The molecule has 1 heterocycles. The first-order valence-electron chi connectivity index (χ1n) is 9.13. The number of aryl methyl sites for hydroxylation is 1. The lowest BCUT2D eigenvalue weighted by atomic mass is 9.82. The van der Waals surface area contributed by atoms with E-state index in [4.69, 9.17) is 5.73 Å². The number of hydrogen-bond acceptors (Lipinski definition) is 2. The van der Waals surface area contributed by atoms with Crippen LogP contribution in [0, 0.1) is 12.8 Å². The molecule has 0 spiro atoms. The van der Waals surface area contributed by atoms with Gasteiger partial charge in [0, 0.05) is 38.5 Å². The van der Waals surface area contributed by atoms with Crippen molar-refractivity contribution in [1.29, 1.82) is 0 Å². The van der Waals surface area contributed by atoms with Crippen LogP contribution < -0.4 is 11.1 Å². The highest BCUT2D eigenvalue weighted by molar-refractivity contribution is 5.80. The number of likely N-dealkylation sites (tertiary alicyclic amines) is 1. The van der Waals surface area contributed by atoms with Gasteiger partial charge in [-0.25, -0.2) is 0 Å². The third-order valence-corrected chi connectivity index (χ3v) is 5.08. The zero-order valence-electron chi connectivity index (χ0n) is 16.0. The third kappa shape index (κ3) is 5.21. The maximum Gasteiger partial charge on any atom is 0.217 e. The lowest BCUT2D eigenvalue weighted by Crippen LogP contribution is -2.49. The van der Waals surface area contributed by atoms with E-state index in [1.165, 1.54) is 11.1 Å². The molecule has 1 atom stereocenters. The van der Waals surface area contributed by atoms with Gasteiger partial charge in [0.05, 0.1) is 0 Å². The molecule has 1 aliphatic rings. The summed E-state index contributed by atoms with van der Waals surface area (Å²) in [5.41, 5.74) is 8.03. The molecule has 138 valence electrons. The molecule has 3 N–H and O–H groups in total. The normalized spacial score (nSPS) is 19.0. The number of guanidine groups is 1. The van der Waals surface area contributed by atoms with Gasteiger partial charge in [0.25, 0.3) is 0 Å². The summed E-state index contributed by atoms with van der Waals surface area (Å²) in [6.45, 7) is 9.28. The second-order valence-electron chi connectivity index (χ2n) is 7.72. The molecule has 25 heavy (non-hydrogen) atoms. The Kier molecular flexibility index (Phi) is 6.45. The number of rotatable bonds is 5. The van der Waals surface area contributed by atoms with Crippen LogP contribution >= 0.6 is 0 Å². The second kappa shape index (κ2) is 8.37. The quantitative estimate of drug-likeness (QED) is 0.637. The number of benzene rings is 1. The van der Waals surface area contributed by atoms with Crippen LogP contribution in [0.25, 0.3) is 0 Å². The summed E-state index contributed by atoms with van der Waals surface area (Å²) in [4.78, 5) is 17.9. The molecule has 5 nitrogen and oxygen atoms in total. The second-order valence-corrected chi connectivity index (χ2v) is 7.72. The Morgan fingerprint density at radius 1 is 1.40 bits per heavy atom. The van der Waals surface area contributed by atoms with Crippen LogP contribution in [0.5, 0.6) is 0 Å². The van der Waals surface area contributed by atoms with E-state index in [0.717, 1.165) is 38.4 Å². The van der Waals surface area contributed by atoms with E-state index in [-0.39, 0.29) is 11.3 Å². The molecule has 1 aromatic rings. The molecule has 0 saturated carbocycles. The maximum absolute atomic E-state index is 11.2. The SMILES string of the molecule is CN=C(NCC(C)(C)c1ccccc1C)N1CCCC(CC(N)=O)C1. The molecule has 1 amide bonds. The average Bonchev–Trinajstić information content (AvgIpc) is 2.55. The van der Waals surface area contributed by atoms with Gasteiger partial charge in [0.1, 0.15) is 0 Å². The van der Waals surface area contributed by atoms with E-state index in [0.29, 0.717) is 12.3 Å². The van der Waals surface area contributed by atoms with Gasteiger partial charge >= 0.3 is 0 Å². The molecule has 1 saturated heterocycles. The molecule has 1 unspecified atom stereocenters. The van der Waals surface area contributed by atoms with Crippen molar-refractivity contribution in [3.63, 3.8) is 0 Å². The summed E-state index contributed by atoms with van der Waals surface area (Å²) >= 11 is 0. The van der Waals surface area contributed by atoms with Crippen LogP contribution in [-0.4, -0.2) is 43.4 Å². The van der Waals surface area contributed by atoms with Gasteiger partial charge in [-0.2, -0.15) is 0 Å². The number of nitrogens with one attached hydrogen (secondary N) is 1. The number of nitrogens with zero attached hydrogens (tertiary/aromatic N) is 2. The highest BCUT2D eigenvalue weighted by Crippen LogP contribution is 2.25. The van der Waals surface area contributed by atoms with Crippen molar-refractivity contribution in [1.82, 2.24) is 10.2 Å². The summed E-state index contributed by atoms with van der Waals surface area (Å²) in [5.74, 6) is 1.03. The monoisotopic (exact) mass is 344 g/mol. The van der Waals surface area contributed by atoms with Crippen molar-refractivity contribution >= 4 is 11.9 Å². The fraction of sp³-hybridized carbons (Fsp3) is 0.600. The first kappa shape index (κ1) is 19.3. The third-order valence-electron chi connectivity index (χ3n) is 5.08. The fourth-order valence-electron chi connectivity index (χ4n) is 3.77. The summed E-state index contributed by atoms with van der Waals surface area (Å²) in [6.07, 6.45) is 2.59. The molecule has 0 aliphatic carbocycles. The Morgan fingerprint density at radius 2 is 2.12 bits per heavy atom. The average molecular weight is 345 g/mol. The Bertz CT molecular complexity index is 624. The van der Waals surface area contributed by atoms with Crippen molar-refractivity contribution in [2.45, 2.75) is 45.4 Å². The van der Waals surface area contributed by atoms with Crippen molar-refractivity contribution < 1.29 is 4.79 Å². The fourth-order valence-corrected chi connectivity index (χ4v) is 3.77. The minimum atomic E-state index is -0.213. The number of hydrogen-bond donors (Lipinski definition) is 2. The molecule has 0 aromatic heterocycles. The van der Waals surface area contributed by atoms with Gasteiger partial charge in [-0.3, -0.25) is 9.79 Å². The summed E-state index contributed by atoms with van der Waals surface area (Å²) < 4.78 is 0. The van der Waals surface area contributed by atoms with Crippen LogP contribution in [0.2, 0.25) is 0 Å². The Labute approximate surface area is 151 Å². The highest BCUT2D eigenvalue weighted by Gasteiger charge is 2.26. The van der Waals surface area contributed by atoms with Gasteiger partial charge in [0.15, 0.2) is 5.96 Å². The lowest BCUT2D eigenvalue weighted by Gasteiger charge is -2.36. The number of aliphatic imine (C=N–C) groups is 1. The number of amides is 1. The molecule has 5 heteroatoms. The van der Waals surface area contributed by atoms with Gasteiger partial charge in [-0.1, -0.05) is 38.1 Å². The molecule has 1 fully saturated rings. The Morgan fingerprint density at radius 3 is 2.76 bits per heavy atom. The van der Waals surface area contributed by atoms with Crippen LogP contribution in [0.3, 0.4) is 0 Å². The molecule has 2 rings (SSSR count). The van der Waals surface area contributed by atoms with Crippen molar-refractivity contribution in [3.05, 3.63) is 35.4 Å². The van der Waals surface area contributed by atoms with E-state index in [2.05, 4.69) is 60.2 Å². The first-order chi connectivity index (χ1) is 11.8. The number of piperidine rings is 1. The zero-order chi connectivity index (χ0) is 18.4. The van der Waals surface area contributed by atoms with Crippen LogP contribution in [0.15, 0.2) is 29.3 Å². The number of primary amides is 1. The van der Waals surface area contributed by atoms with Crippen LogP contribution in [0.4, 0.5) is 0 Å². The van der Waals surface area contributed by atoms with Gasteiger partial charge in [0.2, 0.25) is 5.91 Å². The van der Waals surface area contributed by atoms with E-state index < -0.39 is 0 Å². The van der Waals surface area contributed by atoms with E-state index in [9.17, 15) is 4.79 Å². The molecule has 1 aliphatic heterocycles. The van der Waals surface area contributed by atoms with Gasteiger partial charge in [-0.15, -0.1) is 0 Å². The molecular formula is C20H32N4O. The topological polar surface area (TPSA) is 70.7 Å². The predicted octanol–water partition coefficient (Wildman–Crippen LogP) is 2.44. The number of nitrogens with two attached hydrogens (primary N) is 1. The number of carbonyl (C=O) groups is 1. The van der Waals surface area contributed by atoms with E-state index >= 15 is 0 Å². The predicted molar refractivity (Wildman–Crippen MR) is 104 cm³/mol. The van der Waals surface area contributed by atoms with Gasteiger partial charge in [-0.05, 0) is 36.8 Å². The minimum Gasteiger partial charge on any atom is -0.370 e. The summed E-state index contributed by atoms with van der Waals surface area (Å²) in [5, 5.41) is 3.54. The zero-order valence-corrected chi connectivity index (χ0v) is 16.0. The van der Waals surface area contributed by atoms with Crippen LogP contribution in [0.1, 0.15) is 44.2 Å². The van der Waals surface area contributed by atoms with E-state index in [1.807, 2.05) is 7.05 Å². The Balaban J connectivity index is 2.00. The summed E-state index contributed by atoms with van der Waals surface area (Å²) in [7, 11) is 1.82. The molecule has 0 radical (unpaired) electrons. The largest absolute Gasteiger partial charge is 0.370 e. The molecular weight excluding hydrogens is 312 g/mol. The van der Waals surface area contributed by atoms with Crippen molar-refractivity contribution in [3.8, 4) is 0 Å². The summed E-state index contributed by atoms with van der Waals surface area (Å²) in [6, 6.07) is 8.53. The molecule has 0 bridgehead atoms. The van der Waals surface area contributed by atoms with Gasteiger partial charge < -0.3 is 16.0 Å². The standard InChI is InChI=1S/C20H32N4O/c1-15-8-5-6-10-17(15)20(2,3)14-23-19(22-4)24-11-7-9-16(13-24)12-18(21)25/h5-6,8,10,16H,7,9,11-14H2,1-4H3,(H2,21,25)(H,22,23). The highest BCUT2D eigenvalue weighted by atomic mass is 16.1. The molecule has 1 aromatic carbocycles. The van der Waals surface area contributed by atoms with Crippen LogP contribution in [-0.2, 0) is 10.2 Å². The minimum absolute atomic E-state index is 0.00367. The lowest BCUT2D eigenvalue weighted by molar-refractivity contribution is -0.119. The number of carbonyl (C=O) groups excluding carboxylic acids is 1. The van der Waals surface area contributed by atoms with Crippen molar-refractivity contribution in [2.24, 2.45) is 16.6 Å². The smallest absolute Gasteiger partial charge is 0.217 e. The maximum atomic E-state index is 11.2.